The van der Waals surface area contributed by atoms with Crippen LogP contribution in [0.3, 0.4) is 0 Å². The zero-order valence-electron chi connectivity index (χ0n) is 21.9. The first-order chi connectivity index (χ1) is 15.5. The molecule has 0 amide bonds. The van der Waals surface area contributed by atoms with Gasteiger partial charge in [0.25, 0.3) is 0 Å². The number of halogens is 2. The molecule has 0 aromatic heterocycles. The molecule has 0 aliphatic heterocycles. The number of aliphatic imine (C=N–C) groups is 1. The van der Waals surface area contributed by atoms with E-state index in [0.29, 0.717) is 29.9 Å². The molecule has 33 heavy (non-hydrogen) atoms. The van der Waals surface area contributed by atoms with Crippen LogP contribution < -0.4 is 0 Å². The highest BCUT2D eigenvalue weighted by atomic mass is 19.1. The van der Waals surface area contributed by atoms with Gasteiger partial charge in [-0.1, -0.05) is 59.6 Å². The summed E-state index contributed by atoms with van der Waals surface area (Å²) in [7, 11) is 3.26. The van der Waals surface area contributed by atoms with Crippen molar-refractivity contribution in [1.29, 1.82) is 0 Å². The number of nitrogens with zero attached hydrogens (tertiary/aromatic N) is 3. The van der Waals surface area contributed by atoms with Gasteiger partial charge in [-0.25, -0.2) is 8.78 Å². The van der Waals surface area contributed by atoms with E-state index in [4.69, 9.17) is 4.74 Å². The van der Waals surface area contributed by atoms with Crippen LogP contribution in [0.2, 0.25) is 0 Å². The zero-order chi connectivity index (χ0) is 26.4. The number of ether oxygens (including phenoxy) is 1. The van der Waals surface area contributed by atoms with Crippen LogP contribution >= 0.6 is 0 Å². The first-order valence-corrected chi connectivity index (χ1v) is 10.9. The van der Waals surface area contributed by atoms with Gasteiger partial charge in [0.05, 0.1) is 17.2 Å². The van der Waals surface area contributed by atoms with Crippen LogP contribution in [0.5, 0.6) is 0 Å². The third-order valence-corrected chi connectivity index (χ3v) is 3.77. The molecule has 0 fully saturated rings. The molecule has 0 bridgehead atoms. The summed E-state index contributed by atoms with van der Waals surface area (Å²) in [5.74, 6) is -0.639. The maximum absolute atomic E-state index is 12.9. The van der Waals surface area contributed by atoms with Gasteiger partial charge in [0, 0.05) is 20.8 Å². The lowest BCUT2D eigenvalue weighted by Crippen LogP contribution is -2.05. The molecule has 0 unspecified atom stereocenters. The van der Waals surface area contributed by atoms with Crippen molar-refractivity contribution >= 4 is 5.71 Å². The molecule has 0 heterocycles. The topological polar surface area (TPSA) is 46.3 Å². The third kappa shape index (κ3) is 18.5. The zero-order valence-corrected chi connectivity index (χ0v) is 21.9. The minimum Gasteiger partial charge on any atom is -0.384 e. The van der Waals surface area contributed by atoms with E-state index in [1.165, 1.54) is 25.5 Å². The van der Waals surface area contributed by atoms with Crippen LogP contribution in [0, 0.1) is 0 Å². The minimum atomic E-state index is -0.334. The lowest BCUT2D eigenvalue weighted by Gasteiger charge is -2.10. The number of rotatable bonds is 11. The van der Waals surface area contributed by atoms with Crippen LogP contribution in [0.25, 0.3) is 0 Å². The van der Waals surface area contributed by atoms with E-state index >= 15 is 0 Å². The summed E-state index contributed by atoms with van der Waals surface area (Å²) >= 11 is 0. The van der Waals surface area contributed by atoms with E-state index in [0.717, 1.165) is 29.5 Å². The quantitative estimate of drug-likeness (QED) is 0.171. The molecule has 0 radical (unpaired) electrons. The first-order valence-electron chi connectivity index (χ1n) is 10.9. The van der Waals surface area contributed by atoms with E-state index in [1.807, 2.05) is 13.8 Å². The van der Waals surface area contributed by atoms with E-state index < -0.39 is 0 Å². The average molecular weight is 464 g/mol. The standard InChI is InChI=1S/C17H26FN3O.C7H9F.C3H8/c1-8-16(20-15(5)13(3)11-14(4)18)17(21-19-6)12(2)9-10-22-7;1-4-6(3)7(8)5-2;1-3-2/h11H,3,5,8-10H2,1-2,4,6-7H3;4-5H,1-2H2,3H3;3H2,1-2H3/b14-11+,17-12+,20-16?,21-19?;7-6+;. The largest absolute Gasteiger partial charge is 0.384 e. The fourth-order valence-corrected chi connectivity index (χ4v) is 1.98. The summed E-state index contributed by atoms with van der Waals surface area (Å²) in [6.07, 6.45) is 6.57. The predicted octanol–water partition coefficient (Wildman–Crippen LogP) is 9.19. The molecule has 0 saturated carbocycles. The molecule has 0 spiro atoms. The highest BCUT2D eigenvalue weighted by molar-refractivity contribution is 6.01. The number of allylic oxidation sites excluding steroid dienone is 7. The molecule has 186 valence electrons. The van der Waals surface area contributed by atoms with E-state index in [1.54, 1.807) is 21.1 Å². The Morgan fingerprint density at radius 1 is 1.00 bits per heavy atom. The second kappa shape index (κ2) is 22.5. The molecule has 0 aliphatic carbocycles. The number of azo groups is 1. The Bertz CT molecular complexity index is 765. The van der Waals surface area contributed by atoms with Crippen molar-refractivity contribution in [2.75, 3.05) is 20.8 Å². The van der Waals surface area contributed by atoms with Gasteiger partial charge in [-0.15, -0.1) is 0 Å². The SMILES string of the molecule is C=C(/C=C(\C)F)C(=C)N=C(CC)/C(N=NC)=C(/C)CCOC.C=C/C(C)=C(/F)C=C.CCC. The smallest absolute Gasteiger partial charge is 0.125 e. The number of hydrogen-bond acceptors (Lipinski definition) is 4. The monoisotopic (exact) mass is 463 g/mol. The highest BCUT2D eigenvalue weighted by Crippen LogP contribution is 2.19. The van der Waals surface area contributed by atoms with Gasteiger partial charge in [-0.3, -0.25) is 4.99 Å². The van der Waals surface area contributed by atoms with Crippen molar-refractivity contribution < 1.29 is 13.5 Å². The maximum atomic E-state index is 12.9. The highest BCUT2D eigenvalue weighted by Gasteiger charge is 2.10. The molecular weight excluding hydrogens is 420 g/mol. The van der Waals surface area contributed by atoms with Crippen molar-refractivity contribution in [3.05, 3.63) is 84.3 Å². The molecular formula is C27H43F2N3O. The van der Waals surface area contributed by atoms with E-state index in [-0.39, 0.29) is 11.7 Å². The van der Waals surface area contributed by atoms with Crippen molar-refractivity contribution in [1.82, 2.24) is 0 Å². The molecule has 4 nitrogen and oxygen atoms in total. The van der Waals surface area contributed by atoms with E-state index in [9.17, 15) is 8.78 Å². The second-order valence-electron chi connectivity index (χ2n) is 6.93. The first kappa shape index (κ1) is 34.9. The second-order valence-corrected chi connectivity index (χ2v) is 6.93. The molecule has 0 aliphatic rings. The van der Waals surface area contributed by atoms with Gasteiger partial charge in [-0.2, -0.15) is 10.2 Å². The Labute approximate surface area is 200 Å². The summed E-state index contributed by atoms with van der Waals surface area (Å²) in [6, 6.07) is 0. The fraction of sp³-hybridized carbons (Fsp3) is 0.444. The van der Waals surface area contributed by atoms with Gasteiger partial charge < -0.3 is 4.74 Å². The molecule has 0 atom stereocenters. The summed E-state index contributed by atoms with van der Waals surface area (Å²) < 4.78 is 30.2. The fourth-order valence-electron chi connectivity index (χ4n) is 1.98. The molecule has 0 aromatic carbocycles. The number of hydrogen-bond donors (Lipinski definition) is 0. The van der Waals surface area contributed by atoms with Crippen LogP contribution in [-0.2, 0) is 4.74 Å². The molecule has 0 aromatic rings. The van der Waals surface area contributed by atoms with Crippen molar-refractivity contribution in [2.24, 2.45) is 15.2 Å². The molecule has 0 saturated heterocycles. The summed E-state index contributed by atoms with van der Waals surface area (Å²) in [5.41, 5.74) is 3.88. The summed E-state index contributed by atoms with van der Waals surface area (Å²) in [5, 5.41) is 8.04. The lowest BCUT2D eigenvalue weighted by atomic mass is 10.1. The van der Waals surface area contributed by atoms with Crippen LogP contribution in [0.1, 0.15) is 60.8 Å². The Kier molecular flexibility index (Phi) is 23.7. The van der Waals surface area contributed by atoms with Gasteiger partial charge in [0.15, 0.2) is 0 Å². The lowest BCUT2D eigenvalue weighted by molar-refractivity contribution is 0.202. The van der Waals surface area contributed by atoms with Gasteiger partial charge in [0.1, 0.15) is 11.5 Å². The summed E-state index contributed by atoms with van der Waals surface area (Å²) in [4.78, 5) is 4.46. The maximum Gasteiger partial charge on any atom is 0.125 e. The van der Waals surface area contributed by atoms with Crippen molar-refractivity contribution in [3.8, 4) is 0 Å². The van der Waals surface area contributed by atoms with Crippen LogP contribution in [0.4, 0.5) is 8.78 Å². The van der Waals surface area contributed by atoms with Crippen molar-refractivity contribution in [2.45, 2.75) is 60.8 Å². The third-order valence-electron chi connectivity index (χ3n) is 3.77. The summed E-state index contributed by atoms with van der Waals surface area (Å²) in [6.45, 7) is 26.0. The molecule has 0 rings (SSSR count). The Morgan fingerprint density at radius 3 is 1.88 bits per heavy atom. The van der Waals surface area contributed by atoms with Gasteiger partial charge in [0.2, 0.25) is 0 Å². The molecule has 6 heteroatoms. The Hall–Kier alpha value is -2.73. The molecule has 0 N–H and O–H groups in total. The van der Waals surface area contributed by atoms with Crippen LogP contribution in [-0.4, -0.2) is 26.5 Å². The predicted molar refractivity (Wildman–Crippen MR) is 141 cm³/mol. The number of methoxy groups -OCH3 is 1. The Balaban J connectivity index is -0.000000677. The Morgan fingerprint density at radius 2 is 1.55 bits per heavy atom. The van der Waals surface area contributed by atoms with Gasteiger partial charge in [-0.05, 0) is 62.5 Å². The van der Waals surface area contributed by atoms with Crippen molar-refractivity contribution in [3.63, 3.8) is 0 Å². The van der Waals surface area contributed by atoms with Gasteiger partial charge >= 0.3 is 0 Å². The normalized spacial score (nSPS) is 13.0. The minimum absolute atomic E-state index is 0.306. The average Bonchev–Trinajstić information content (AvgIpc) is 2.78. The van der Waals surface area contributed by atoms with Crippen LogP contribution in [0.15, 0.2) is 99.5 Å². The van der Waals surface area contributed by atoms with E-state index in [2.05, 4.69) is 55.4 Å².